The van der Waals surface area contributed by atoms with Gasteiger partial charge in [0.25, 0.3) is 5.56 Å². The molecule has 7 nitrogen and oxygen atoms in total. The normalized spacial score (nSPS) is 13.1. The van der Waals surface area contributed by atoms with Crippen molar-refractivity contribution >= 4 is 5.65 Å². The predicted octanol–water partition coefficient (Wildman–Crippen LogP) is 3.18. The lowest BCUT2D eigenvalue weighted by Crippen LogP contribution is -2.40. The molecule has 0 fully saturated rings. The van der Waals surface area contributed by atoms with Gasteiger partial charge in [0.2, 0.25) is 0 Å². The van der Waals surface area contributed by atoms with Gasteiger partial charge in [0.15, 0.2) is 11.5 Å². The number of nitrogens with zero attached hydrogens (tertiary/aromatic N) is 5. The number of methoxy groups -OCH3 is 1. The van der Waals surface area contributed by atoms with Crippen molar-refractivity contribution in [1.29, 1.82) is 0 Å². The summed E-state index contributed by atoms with van der Waals surface area (Å²) in [6.45, 7) is -2.04. The number of pyridine rings is 1. The van der Waals surface area contributed by atoms with E-state index in [2.05, 4.69) is 15.1 Å². The van der Waals surface area contributed by atoms with E-state index in [1.807, 2.05) is 0 Å². The number of hydrogen-bond acceptors (Lipinski definition) is 5. The Kier molecular flexibility index (Phi) is 4.94. The van der Waals surface area contributed by atoms with E-state index in [4.69, 9.17) is 4.74 Å². The van der Waals surface area contributed by atoms with Crippen molar-refractivity contribution in [2.24, 2.45) is 0 Å². The molecule has 0 saturated heterocycles. The maximum atomic E-state index is 13.5. The molecule has 162 valence electrons. The Hall–Kier alpha value is -3.26. The first-order valence-corrected chi connectivity index (χ1v) is 7.76. The van der Waals surface area contributed by atoms with E-state index in [0.29, 0.717) is 10.7 Å². The van der Waals surface area contributed by atoms with Crippen LogP contribution in [0.1, 0.15) is 5.69 Å². The molecule has 3 aromatic rings. The minimum Gasteiger partial charge on any atom is -0.497 e. The van der Waals surface area contributed by atoms with Gasteiger partial charge in [0.05, 0.1) is 7.11 Å². The zero-order chi connectivity index (χ0) is 22.5. The average molecular weight is 443 g/mol. The zero-order valence-corrected chi connectivity index (χ0v) is 14.6. The molecule has 3 aromatic heterocycles. The highest BCUT2D eigenvalue weighted by molar-refractivity contribution is 5.61. The first kappa shape index (κ1) is 21.4. The fourth-order valence-electron chi connectivity index (χ4n) is 2.43. The van der Waals surface area contributed by atoms with Crippen LogP contribution in [0, 0.1) is 0 Å². The van der Waals surface area contributed by atoms with Crippen LogP contribution in [0.2, 0.25) is 0 Å². The summed E-state index contributed by atoms with van der Waals surface area (Å²) >= 11 is 0. The number of halogens is 8. The van der Waals surface area contributed by atoms with E-state index in [1.165, 1.54) is 13.2 Å². The van der Waals surface area contributed by atoms with Crippen molar-refractivity contribution in [3.05, 3.63) is 40.7 Å². The third-order valence-electron chi connectivity index (χ3n) is 3.84. The van der Waals surface area contributed by atoms with Crippen LogP contribution < -0.4 is 10.3 Å². The Morgan fingerprint density at radius 3 is 2.33 bits per heavy atom. The van der Waals surface area contributed by atoms with E-state index in [-0.39, 0.29) is 10.4 Å². The molecule has 0 aliphatic carbocycles. The highest BCUT2D eigenvalue weighted by Crippen LogP contribution is 2.37. The molecule has 0 unspecified atom stereocenters. The summed E-state index contributed by atoms with van der Waals surface area (Å²) in [5, 5.41) is 3.20. The molecule has 0 aliphatic heterocycles. The molecule has 3 heterocycles. The van der Waals surface area contributed by atoms with Crippen molar-refractivity contribution in [3.63, 3.8) is 0 Å². The highest BCUT2D eigenvalue weighted by Gasteiger charge is 2.57. The summed E-state index contributed by atoms with van der Waals surface area (Å²) in [4.78, 5) is 19.3. The van der Waals surface area contributed by atoms with Gasteiger partial charge >= 0.3 is 18.3 Å². The zero-order valence-electron chi connectivity index (χ0n) is 14.6. The van der Waals surface area contributed by atoms with Crippen LogP contribution in [0.5, 0.6) is 5.75 Å². The highest BCUT2D eigenvalue weighted by atomic mass is 19.4. The second-order valence-electron chi connectivity index (χ2n) is 5.90. The molecule has 0 aromatic carbocycles. The number of hydrogen-bond donors (Lipinski definition) is 0. The van der Waals surface area contributed by atoms with Crippen molar-refractivity contribution < 1.29 is 39.9 Å². The molecule has 3 rings (SSSR count). The lowest BCUT2D eigenvalue weighted by Gasteiger charge is -2.18. The van der Waals surface area contributed by atoms with Crippen LogP contribution in [-0.2, 0) is 12.7 Å². The van der Waals surface area contributed by atoms with E-state index < -0.39 is 53.1 Å². The molecule has 15 heteroatoms. The SMILES string of the molecule is COc1ccn2c(=O)c(-c3ncn(CC(F)(F)C(F)(F)F)n3)c(C(F)(F)F)nc2c1. The summed E-state index contributed by atoms with van der Waals surface area (Å²) in [7, 11) is 1.23. The Balaban J connectivity index is 2.18. The molecule has 0 aliphatic rings. The van der Waals surface area contributed by atoms with Crippen LogP contribution in [0.25, 0.3) is 17.0 Å². The van der Waals surface area contributed by atoms with Crippen LogP contribution in [0.3, 0.4) is 0 Å². The maximum absolute atomic E-state index is 13.5. The smallest absolute Gasteiger partial charge is 0.455 e. The molecule has 0 amide bonds. The second-order valence-corrected chi connectivity index (χ2v) is 5.90. The van der Waals surface area contributed by atoms with E-state index in [0.717, 1.165) is 12.3 Å². The molecule has 0 saturated carbocycles. The standard InChI is InChI=1S/C15H9F8N5O2/c1-30-7-2-3-28-8(4-7)25-10(14(18,19)20)9(12(28)29)11-24-6-27(26-11)5-13(16,17)15(21,22)23/h2-4,6H,5H2,1H3. The van der Waals surface area contributed by atoms with Crippen LogP contribution in [-0.4, -0.2) is 43.4 Å². The van der Waals surface area contributed by atoms with Gasteiger partial charge in [-0.1, -0.05) is 0 Å². The third kappa shape index (κ3) is 3.78. The van der Waals surface area contributed by atoms with Gasteiger partial charge in [-0.2, -0.15) is 40.2 Å². The van der Waals surface area contributed by atoms with Crippen molar-refractivity contribution in [2.75, 3.05) is 7.11 Å². The fraction of sp³-hybridized carbons (Fsp3) is 0.333. The van der Waals surface area contributed by atoms with Gasteiger partial charge in [-0.15, -0.1) is 0 Å². The predicted molar refractivity (Wildman–Crippen MR) is 83.0 cm³/mol. The Morgan fingerprint density at radius 1 is 1.10 bits per heavy atom. The average Bonchev–Trinajstić information content (AvgIpc) is 3.06. The van der Waals surface area contributed by atoms with E-state index in [9.17, 15) is 39.9 Å². The van der Waals surface area contributed by atoms with Gasteiger partial charge in [0.1, 0.15) is 29.8 Å². The van der Waals surface area contributed by atoms with Crippen LogP contribution >= 0.6 is 0 Å². The lowest BCUT2D eigenvalue weighted by atomic mass is 10.2. The molecule has 0 N–H and O–H groups in total. The monoisotopic (exact) mass is 443 g/mol. The second kappa shape index (κ2) is 6.91. The molecule has 0 spiro atoms. The van der Waals surface area contributed by atoms with E-state index in [1.54, 1.807) is 0 Å². The molecular weight excluding hydrogens is 434 g/mol. The van der Waals surface area contributed by atoms with Crippen molar-refractivity contribution in [3.8, 4) is 17.1 Å². The third-order valence-corrected chi connectivity index (χ3v) is 3.84. The van der Waals surface area contributed by atoms with Crippen molar-refractivity contribution in [1.82, 2.24) is 24.1 Å². The first-order valence-electron chi connectivity index (χ1n) is 7.76. The lowest BCUT2D eigenvalue weighted by molar-refractivity contribution is -0.287. The first-order chi connectivity index (χ1) is 13.7. The maximum Gasteiger partial charge on any atom is 0.455 e. The Morgan fingerprint density at radius 2 is 1.77 bits per heavy atom. The summed E-state index contributed by atoms with van der Waals surface area (Å²) in [5.41, 5.74) is -4.70. The quantitative estimate of drug-likeness (QED) is 0.580. The molecule has 0 bridgehead atoms. The topological polar surface area (TPSA) is 74.3 Å². The van der Waals surface area contributed by atoms with Gasteiger partial charge in [-0.3, -0.25) is 9.20 Å². The van der Waals surface area contributed by atoms with Gasteiger partial charge < -0.3 is 4.74 Å². The molecule has 0 radical (unpaired) electrons. The van der Waals surface area contributed by atoms with E-state index >= 15 is 0 Å². The fourth-order valence-corrected chi connectivity index (χ4v) is 2.43. The number of alkyl halides is 8. The van der Waals surface area contributed by atoms with Gasteiger partial charge in [-0.25, -0.2) is 14.6 Å². The Bertz CT molecular complexity index is 1150. The summed E-state index contributed by atoms with van der Waals surface area (Å²) in [6.07, 6.45) is -9.70. The minimum absolute atomic E-state index is 0.00863. The molecule has 30 heavy (non-hydrogen) atoms. The number of rotatable bonds is 4. The number of ether oxygens (including phenoxy) is 1. The van der Waals surface area contributed by atoms with Crippen LogP contribution in [0.15, 0.2) is 29.5 Å². The number of fused-ring (bicyclic) bond motifs is 1. The molecular formula is C15H9F8N5O2. The van der Waals surface area contributed by atoms with Gasteiger partial charge in [0, 0.05) is 12.3 Å². The van der Waals surface area contributed by atoms with Gasteiger partial charge in [-0.05, 0) is 6.07 Å². The van der Waals surface area contributed by atoms with Crippen LogP contribution in [0.4, 0.5) is 35.1 Å². The molecule has 0 atom stereocenters. The summed E-state index contributed by atoms with van der Waals surface area (Å²) in [6, 6.07) is 2.28. The van der Waals surface area contributed by atoms with Crippen molar-refractivity contribution in [2.45, 2.75) is 24.8 Å². The summed E-state index contributed by atoms with van der Waals surface area (Å²) < 4.78 is 109. The summed E-state index contributed by atoms with van der Waals surface area (Å²) in [5.74, 6) is -6.14. The largest absolute Gasteiger partial charge is 0.497 e. The minimum atomic E-state index is -5.92. The Labute approximate surface area is 160 Å². The number of aromatic nitrogens is 5.